The van der Waals surface area contributed by atoms with Crippen LogP contribution in [-0.2, 0) is 9.53 Å². The monoisotopic (exact) mass is 308 g/mol. The first-order valence-electron chi connectivity index (χ1n) is 7.30. The largest absolute Gasteiger partial charge is 0.383 e. The van der Waals surface area contributed by atoms with Crippen LogP contribution in [-0.4, -0.2) is 61.5 Å². The number of methoxy groups -OCH3 is 1. The molecule has 114 valence electrons. The van der Waals surface area contributed by atoms with Crippen molar-refractivity contribution in [3.8, 4) is 0 Å². The first-order chi connectivity index (χ1) is 10.2. The molecule has 6 heteroatoms. The summed E-state index contributed by atoms with van der Waals surface area (Å²) >= 11 is 1.53. The zero-order chi connectivity index (χ0) is 14.8. The van der Waals surface area contributed by atoms with Crippen molar-refractivity contribution in [3.63, 3.8) is 0 Å². The number of rotatable bonds is 4. The molecular formula is C15H20N2O3S. The molecule has 2 aliphatic rings. The highest BCUT2D eigenvalue weighted by Gasteiger charge is 2.44. The van der Waals surface area contributed by atoms with E-state index in [-0.39, 0.29) is 17.7 Å². The SMILES string of the molecule is COCCN1CC[C@H]2CN(C(=O)c3ccsc3)C[C@@H]2C1=O. The maximum Gasteiger partial charge on any atom is 0.254 e. The second kappa shape index (κ2) is 6.15. The second-order valence-electron chi connectivity index (χ2n) is 5.70. The Kier molecular flexibility index (Phi) is 4.26. The second-order valence-corrected chi connectivity index (χ2v) is 6.48. The van der Waals surface area contributed by atoms with Gasteiger partial charge >= 0.3 is 0 Å². The van der Waals surface area contributed by atoms with Crippen LogP contribution >= 0.6 is 11.3 Å². The number of ether oxygens (including phenoxy) is 1. The number of hydrogen-bond acceptors (Lipinski definition) is 4. The van der Waals surface area contributed by atoms with Gasteiger partial charge in [0.25, 0.3) is 5.91 Å². The number of carbonyl (C=O) groups is 2. The summed E-state index contributed by atoms with van der Waals surface area (Å²) in [6.07, 6.45) is 0.980. The summed E-state index contributed by atoms with van der Waals surface area (Å²) in [6.45, 7) is 3.27. The fraction of sp³-hybridized carbons (Fsp3) is 0.600. The molecule has 0 aliphatic carbocycles. The molecule has 21 heavy (non-hydrogen) atoms. The Labute approximate surface area is 128 Å². The van der Waals surface area contributed by atoms with Gasteiger partial charge in [-0.1, -0.05) is 0 Å². The fourth-order valence-electron chi connectivity index (χ4n) is 3.27. The van der Waals surface area contributed by atoms with Gasteiger partial charge in [-0.15, -0.1) is 0 Å². The third kappa shape index (κ3) is 2.82. The topological polar surface area (TPSA) is 49.9 Å². The highest BCUT2D eigenvalue weighted by Crippen LogP contribution is 2.33. The van der Waals surface area contributed by atoms with E-state index >= 15 is 0 Å². The van der Waals surface area contributed by atoms with Gasteiger partial charge in [-0.2, -0.15) is 11.3 Å². The van der Waals surface area contributed by atoms with Crippen LogP contribution in [0.2, 0.25) is 0 Å². The van der Waals surface area contributed by atoms with Gasteiger partial charge in [-0.25, -0.2) is 0 Å². The zero-order valence-electron chi connectivity index (χ0n) is 12.2. The van der Waals surface area contributed by atoms with Gasteiger partial charge in [0.15, 0.2) is 0 Å². The minimum Gasteiger partial charge on any atom is -0.383 e. The summed E-state index contributed by atoms with van der Waals surface area (Å²) < 4.78 is 5.06. The van der Waals surface area contributed by atoms with Gasteiger partial charge in [0.05, 0.1) is 18.1 Å². The molecule has 0 bridgehead atoms. The Hall–Kier alpha value is -1.40. The van der Waals surface area contributed by atoms with E-state index in [1.54, 1.807) is 7.11 Å². The van der Waals surface area contributed by atoms with E-state index in [4.69, 9.17) is 4.74 Å². The van der Waals surface area contributed by atoms with Crippen LogP contribution in [0.3, 0.4) is 0 Å². The predicted octanol–water partition coefficient (Wildman–Crippen LogP) is 1.31. The lowest BCUT2D eigenvalue weighted by molar-refractivity contribution is -0.140. The van der Waals surface area contributed by atoms with E-state index in [0.717, 1.165) is 18.5 Å². The summed E-state index contributed by atoms with van der Waals surface area (Å²) in [4.78, 5) is 28.6. The average Bonchev–Trinajstić information content (AvgIpc) is 3.15. The maximum atomic E-state index is 12.5. The van der Waals surface area contributed by atoms with Crippen LogP contribution in [0.25, 0.3) is 0 Å². The van der Waals surface area contributed by atoms with Crippen molar-refractivity contribution in [2.24, 2.45) is 11.8 Å². The number of piperidine rings is 1. The molecule has 2 saturated heterocycles. The number of carbonyl (C=O) groups excluding carboxylic acids is 2. The molecule has 2 amide bonds. The van der Waals surface area contributed by atoms with Crippen LogP contribution < -0.4 is 0 Å². The molecule has 0 N–H and O–H groups in total. The molecule has 0 saturated carbocycles. The van der Waals surface area contributed by atoms with Gasteiger partial charge in [-0.05, 0) is 23.8 Å². The molecule has 3 rings (SSSR count). The van der Waals surface area contributed by atoms with Crippen molar-refractivity contribution in [1.82, 2.24) is 9.80 Å². The normalized spacial score (nSPS) is 25.3. The number of nitrogens with zero attached hydrogens (tertiary/aromatic N) is 2. The fourth-order valence-corrected chi connectivity index (χ4v) is 3.90. The summed E-state index contributed by atoms with van der Waals surface area (Å²) in [7, 11) is 1.65. The molecule has 3 heterocycles. The number of likely N-dealkylation sites (tertiary alicyclic amines) is 2. The van der Waals surface area contributed by atoms with E-state index < -0.39 is 0 Å². The van der Waals surface area contributed by atoms with E-state index in [1.807, 2.05) is 26.6 Å². The van der Waals surface area contributed by atoms with E-state index in [0.29, 0.717) is 32.2 Å². The maximum absolute atomic E-state index is 12.5. The average molecular weight is 308 g/mol. The van der Waals surface area contributed by atoms with E-state index in [2.05, 4.69) is 0 Å². The molecular weight excluding hydrogens is 288 g/mol. The molecule has 5 nitrogen and oxygen atoms in total. The van der Waals surface area contributed by atoms with Crippen molar-refractivity contribution in [2.75, 3.05) is 39.9 Å². The quantitative estimate of drug-likeness (QED) is 0.843. The lowest BCUT2D eigenvalue weighted by Gasteiger charge is -2.33. The Morgan fingerprint density at radius 3 is 3.05 bits per heavy atom. The summed E-state index contributed by atoms with van der Waals surface area (Å²) in [6, 6.07) is 1.85. The van der Waals surface area contributed by atoms with Gasteiger partial charge in [0.1, 0.15) is 0 Å². The third-order valence-electron chi connectivity index (χ3n) is 4.46. The van der Waals surface area contributed by atoms with Crippen LogP contribution in [0.1, 0.15) is 16.8 Å². The smallest absolute Gasteiger partial charge is 0.254 e. The number of hydrogen-bond donors (Lipinski definition) is 0. The molecule has 0 spiro atoms. The number of thiophene rings is 1. The summed E-state index contributed by atoms with van der Waals surface area (Å²) in [5, 5.41) is 3.78. The lowest BCUT2D eigenvalue weighted by atomic mass is 9.88. The Bertz CT molecular complexity index is 517. The van der Waals surface area contributed by atoms with Crippen LogP contribution in [0.15, 0.2) is 16.8 Å². The summed E-state index contributed by atoms with van der Waals surface area (Å²) in [5.41, 5.74) is 0.738. The third-order valence-corrected chi connectivity index (χ3v) is 5.14. The zero-order valence-corrected chi connectivity index (χ0v) is 13.0. The van der Waals surface area contributed by atoms with Crippen molar-refractivity contribution in [3.05, 3.63) is 22.4 Å². The Balaban J connectivity index is 1.65. The van der Waals surface area contributed by atoms with Gasteiger partial charge < -0.3 is 14.5 Å². The number of fused-ring (bicyclic) bond motifs is 1. The molecule has 0 unspecified atom stereocenters. The predicted molar refractivity (Wildman–Crippen MR) is 80.3 cm³/mol. The first-order valence-corrected chi connectivity index (χ1v) is 8.24. The van der Waals surface area contributed by atoms with E-state index in [1.165, 1.54) is 11.3 Å². The van der Waals surface area contributed by atoms with Gasteiger partial charge in [0.2, 0.25) is 5.91 Å². The standard InChI is InChI=1S/C15H20N2O3S/c1-20-6-5-16-4-2-11-8-17(9-13(11)15(16)19)14(18)12-3-7-21-10-12/h3,7,10-11,13H,2,4-6,8-9H2,1H3/t11-,13-/m0/s1. The molecule has 2 aliphatic heterocycles. The minimum atomic E-state index is -0.0295. The molecule has 0 radical (unpaired) electrons. The van der Waals surface area contributed by atoms with Crippen molar-refractivity contribution >= 4 is 23.2 Å². The highest BCUT2D eigenvalue weighted by atomic mass is 32.1. The van der Waals surface area contributed by atoms with Crippen LogP contribution in [0.4, 0.5) is 0 Å². The Morgan fingerprint density at radius 2 is 2.33 bits per heavy atom. The molecule has 0 aromatic carbocycles. The molecule has 2 fully saturated rings. The molecule has 1 aromatic heterocycles. The molecule has 1 aromatic rings. The van der Waals surface area contributed by atoms with Gasteiger partial charge in [-0.3, -0.25) is 9.59 Å². The first kappa shape index (κ1) is 14.5. The van der Waals surface area contributed by atoms with E-state index in [9.17, 15) is 9.59 Å². The minimum absolute atomic E-state index is 0.0295. The van der Waals surface area contributed by atoms with Crippen LogP contribution in [0.5, 0.6) is 0 Å². The highest BCUT2D eigenvalue weighted by molar-refractivity contribution is 7.08. The van der Waals surface area contributed by atoms with Crippen molar-refractivity contribution < 1.29 is 14.3 Å². The molecule has 2 atom stereocenters. The lowest BCUT2D eigenvalue weighted by Crippen LogP contribution is -2.46. The van der Waals surface area contributed by atoms with Gasteiger partial charge in [0, 0.05) is 38.7 Å². The van der Waals surface area contributed by atoms with Crippen molar-refractivity contribution in [2.45, 2.75) is 6.42 Å². The van der Waals surface area contributed by atoms with Crippen LogP contribution in [0, 0.1) is 11.8 Å². The Morgan fingerprint density at radius 1 is 1.48 bits per heavy atom. The van der Waals surface area contributed by atoms with Crippen molar-refractivity contribution in [1.29, 1.82) is 0 Å². The summed E-state index contributed by atoms with van der Waals surface area (Å²) in [5.74, 6) is 0.530. The number of amides is 2.